The van der Waals surface area contributed by atoms with Crippen molar-refractivity contribution in [3.05, 3.63) is 32.8 Å². The van der Waals surface area contributed by atoms with Crippen LogP contribution in [0.25, 0.3) is 0 Å². The summed E-state index contributed by atoms with van der Waals surface area (Å²) in [6.07, 6.45) is 1.56. The number of hydrogen-bond acceptors (Lipinski definition) is 2. The number of amides is 1. The largest absolute Gasteiger partial charge is 0.268 e. The van der Waals surface area contributed by atoms with Crippen LogP contribution >= 0.6 is 27.5 Å². The van der Waals surface area contributed by atoms with E-state index < -0.39 is 5.91 Å². The summed E-state index contributed by atoms with van der Waals surface area (Å²) in [5, 5.41) is 10.8. The lowest BCUT2D eigenvalue weighted by atomic mass is 10.1. The first-order chi connectivity index (χ1) is 6.56. The van der Waals surface area contributed by atoms with E-state index in [-0.39, 0.29) is 0 Å². The molecule has 0 saturated carbocycles. The summed E-state index contributed by atoms with van der Waals surface area (Å²) in [4.78, 5) is 11.3. The SMILES string of the molecule is Cc1cc(Br)c(C(=O)NC#N)cc1Cl. The third kappa shape index (κ3) is 2.25. The number of nitriles is 1. The Bertz CT molecular complexity index is 426. The number of nitrogens with zero attached hydrogens (tertiary/aromatic N) is 1. The van der Waals surface area contributed by atoms with Gasteiger partial charge in [0.2, 0.25) is 0 Å². The zero-order valence-electron chi connectivity index (χ0n) is 7.27. The number of nitrogens with one attached hydrogen (secondary N) is 1. The fraction of sp³-hybridized carbons (Fsp3) is 0.111. The number of hydrogen-bond donors (Lipinski definition) is 1. The van der Waals surface area contributed by atoms with Crippen molar-refractivity contribution in [2.45, 2.75) is 6.92 Å². The normalized spacial score (nSPS) is 9.29. The van der Waals surface area contributed by atoms with Crippen LogP contribution in [0.15, 0.2) is 16.6 Å². The van der Waals surface area contributed by atoms with Crippen LogP contribution in [0.2, 0.25) is 5.02 Å². The summed E-state index contributed by atoms with van der Waals surface area (Å²) in [7, 11) is 0. The van der Waals surface area contributed by atoms with Crippen LogP contribution in [0, 0.1) is 18.4 Å². The van der Waals surface area contributed by atoms with Gasteiger partial charge in [0.05, 0.1) is 5.56 Å². The Morgan fingerprint density at radius 2 is 2.29 bits per heavy atom. The lowest BCUT2D eigenvalue weighted by molar-refractivity contribution is 0.0972. The molecule has 1 rings (SSSR count). The molecule has 1 amide bonds. The number of rotatable bonds is 1. The first kappa shape index (κ1) is 11.0. The fourth-order valence-electron chi connectivity index (χ4n) is 0.938. The molecular formula is C9H6BrClN2O. The van der Waals surface area contributed by atoms with E-state index in [1.54, 1.807) is 12.3 Å². The average molecular weight is 274 g/mol. The maximum Gasteiger partial charge on any atom is 0.265 e. The van der Waals surface area contributed by atoms with Crippen molar-refractivity contribution in [1.82, 2.24) is 5.32 Å². The second-order valence-corrected chi connectivity index (χ2v) is 3.91. The Morgan fingerprint density at radius 3 is 2.86 bits per heavy atom. The van der Waals surface area contributed by atoms with Crippen LogP contribution in [0.4, 0.5) is 0 Å². The molecule has 0 aliphatic carbocycles. The lowest BCUT2D eigenvalue weighted by Crippen LogP contribution is -2.17. The Hall–Kier alpha value is -1.05. The van der Waals surface area contributed by atoms with Crippen molar-refractivity contribution in [1.29, 1.82) is 5.26 Å². The molecule has 1 aromatic rings. The summed E-state index contributed by atoms with van der Waals surface area (Å²) in [5.74, 6) is -0.471. The summed E-state index contributed by atoms with van der Waals surface area (Å²) in [6, 6.07) is 3.25. The summed E-state index contributed by atoms with van der Waals surface area (Å²) in [6.45, 7) is 1.83. The van der Waals surface area contributed by atoms with Crippen molar-refractivity contribution in [3.8, 4) is 6.19 Å². The fourth-order valence-corrected chi connectivity index (χ4v) is 1.74. The molecule has 5 heteroatoms. The van der Waals surface area contributed by atoms with E-state index in [2.05, 4.69) is 15.9 Å². The molecule has 14 heavy (non-hydrogen) atoms. The number of halogens is 2. The maximum atomic E-state index is 11.3. The van der Waals surface area contributed by atoms with Crippen LogP contribution in [0.1, 0.15) is 15.9 Å². The topological polar surface area (TPSA) is 52.9 Å². The summed E-state index contributed by atoms with van der Waals surface area (Å²) >= 11 is 9.07. The highest BCUT2D eigenvalue weighted by atomic mass is 79.9. The third-order valence-corrected chi connectivity index (χ3v) is 2.73. The second kappa shape index (κ2) is 4.45. The van der Waals surface area contributed by atoms with E-state index >= 15 is 0 Å². The van der Waals surface area contributed by atoms with Crippen LogP contribution in [-0.2, 0) is 0 Å². The Labute approximate surface area is 94.8 Å². The highest BCUT2D eigenvalue weighted by molar-refractivity contribution is 9.10. The van der Waals surface area contributed by atoms with E-state index in [0.29, 0.717) is 15.1 Å². The highest BCUT2D eigenvalue weighted by Gasteiger charge is 2.11. The van der Waals surface area contributed by atoms with Gasteiger partial charge in [-0.3, -0.25) is 10.1 Å². The number of carbonyl (C=O) groups is 1. The Balaban J connectivity index is 3.17. The molecule has 1 aromatic carbocycles. The monoisotopic (exact) mass is 272 g/mol. The minimum absolute atomic E-state index is 0.349. The van der Waals surface area contributed by atoms with Crippen molar-refractivity contribution >= 4 is 33.4 Å². The van der Waals surface area contributed by atoms with E-state index in [1.165, 1.54) is 6.07 Å². The van der Waals surface area contributed by atoms with Gasteiger partial charge in [-0.2, -0.15) is 5.26 Å². The molecule has 0 spiro atoms. The molecule has 0 radical (unpaired) electrons. The van der Waals surface area contributed by atoms with Gasteiger partial charge in [-0.25, -0.2) is 0 Å². The van der Waals surface area contributed by atoms with Gasteiger partial charge in [0.15, 0.2) is 6.19 Å². The highest BCUT2D eigenvalue weighted by Crippen LogP contribution is 2.24. The van der Waals surface area contributed by atoms with Gasteiger partial charge in [0, 0.05) is 9.50 Å². The molecule has 3 nitrogen and oxygen atoms in total. The van der Waals surface area contributed by atoms with Crippen molar-refractivity contribution < 1.29 is 4.79 Å². The third-order valence-electron chi connectivity index (χ3n) is 1.66. The minimum atomic E-state index is -0.471. The second-order valence-electron chi connectivity index (χ2n) is 2.65. The number of benzene rings is 1. The molecule has 1 N–H and O–H groups in total. The van der Waals surface area contributed by atoms with Gasteiger partial charge in [-0.15, -0.1) is 0 Å². The molecule has 0 heterocycles. The van der Waals surface area contributed by atoms with Crippen LogP contribution in [-0.4, -0.2) is 5.91 Å². The quantitative estimate of drug-likeness (QED) is 0.632. The van der Waals surface area contributed by atoms with Gasteiger partial charge in [-0.1, -0.05) is 11.6 Å². The molecule has 0 bridgehead atoms. The predicted molar refractivity (Wildman–Crippen MR) is 57.0 cm³/mol. The summed E-state index contributed by atoms with van der Waals surface area (Å²) in [5.41, 5.74) is 1.22. The maximum absolute atomic E-state index is 11.3. The first-order valence-corrected chi connectivity index (χ1v) is 4.88. The molecule has 0 aliphatic heterocycles. The van der Waals surface area contributed by atoms with E-state index in [9.17, 15) is 4.79 Å². The molecular weight excluding hydrogens is 267 g/mol. The first-order valence-electron chi connectivity index (χ1n) is 3.71. The van der Waals surface area contributed by atoms with Crippen LogP contribution in [0.5, 0.6) is 0 Å². The van der Waals surface area contributed by atoms with Gasteiger partial charge in [-0.05, 0) is 40.5 Å². The van der Waals surface area contributed by atoms with Crippen molar-refractivity contribution in [3.63, 3.8) is 0 Å². The Kier molecular flexibility index (Phi) is 3.50. The number of carbonyl (C=O) groups excluding carboxylic acids is 1. The molecule has 0 unspecified atom stereocenters. The van der Waals surface area contributed by atoms with Crippen molar-refractivity contribution in [2.75, 3.05) is 0 Å². The molecule has 0 saturated heterocycles. The summed E-state index contributed by atoms with van der Waals surface area (Å²) < 4.78 is 0.618. The van der Waals surface area contributed by atoms with Crippen LogP contribution in [0.3, 0.4) is 0 Å². The minimum Gasteiger partial charge on any atom is -0.268 e. The molecule has 0 aromatic heterocycles. The van der Waals surface area contributed by atoms with Gasteiger partial charge in [0.1, 0.15) is 0 Å². The van der Waals surface area contributed by atoms with E-state index in [0.717, 1.165) is 5.56 Å². The van der Waals surface area contributed by atoms with Gasteiger partial charge < -0.3 is 0 Å². The zero-order chi connectivity index (χ0) is 10.7. The smallest absolute Gasteiger partial charge is 0.265 e. The van der Waals surface area contributed by atoms with Crippen molar-refractivity contribution in [2.24, 2.45) is 0 Å². The standard InChI is InChI=1S/C9H6BrClN2O/c1-5-2-7(10)6(3-8(5)11)9(14)13-4-12/h2-3H,1H3,(H,13,14). The number of aryl methyl sites for hydroxylation is 1. The lowest BCUT2D eigenvalue weighted by Gasteiger charge is -2.04. The Morgan fingerprint density at radius 1 is 1.64 bits per heavy atom. The predicted octanol–water partition coefficient (Wildman–Crippen LogP) is 2.62. The van der Waals surface area contributed by atoms with Gasteiger partial charge >= 0.3 is 0 Å². The van der Waals surface area contributed by atoms with E-state index in [4.69, 9.17) is 16.9 Å². The average Bonchev–Trinajstić information content (AvgIpc) is 2.11. The molecule has 0 atom stereocenters. The molecule has 0 aliphatic rings. The van der Waals surface area contributed by atoms with Gasteiger partial charge in [0.25, 0.3) is 5.91 Å². The van der Waals surface area contributed by atoms with Crippen LogP contribution < -0.4 is 5.32 Å². The zero-order valence-corrected chi connectivity index (χ0v) is 9.61. The van der Waals surface area contributed by atoms with E-state index in [1.807, 2.05) is 12.2 Å². The molecule has 0 fully saturated rings. The molecule has 72 valence electrons.